The molecular formula is C19H24N2O2. The van der Waals surface area contributed by atoms with E-state index in [2.05, 4.69) is 41.1 Å². The topological polar surface area (TPSA) is 59.5 Å². The predicted octanol–water partition coefficient (Wildman–Crippen LogP) is 2.07. The normalized spacial score (nSPS) is 41.3. The van der Waals surface area contributed by atoms with Crippen molar-refractivity contribution in [2.45, 2.75) is 37.9 Å². The first-order valence-corrected chi connectivity index (χ1v) is 8.83. The average molecular weight is 312 g/mol. The highest BCUT2D eigenvalue weighted by Gasteiger charge is 2.57. The fourth-order valence-electron chi connectivity index (χ4n) is 5.95. The summed E-state index contributed by atoms with van der Waals surface area (Å²) in [5.74, 6) is 1.02. The summed E-state index contributed by atoms with van der Waals surface area (Å²) in [6.07, 6.45) is 2.07. The Morgan fingerprint density at radius 2 is 1.96 bits per heavy atom. The second-order valence-electron chi connectivity index (χ2n) is 7.63. The summed E-state index contributed by atoms with van der Waals surface area (Å²) in [4.78, 5) is 6.27. The monoisotopic (exact) mass is 312 g/mol. The average Bonchev–Trinajstić information content (AvgIpc) is 2.94. The number of aromatic nitrogens is 1. The van der Waals surface area contributed by atoms with Gasteiger partial charge in [0, 0.05) is 53.7 Å². The van der Waals surface area contributed by atoms with Gasteiger partial charge in [0.1, 0.15) is 0 Å². The lowest BCUT2D eigenvalue weighted by Crippen LogP contribution is -2.67. The number of para-hydroxylation sites is 1. The second kappa shape index (κ2) is 4.82. The van der Waals surface area contributed by atoms with Crippen molar-refractivity contribution in [3.63, 3.8) is 0 Å². The molecule has 7 atom stereocenters. The Morgan fingerprint density at radius 3 is 2.74 bits per heavy atom. The zero-order valence-electron chi connectivity index (χ0n) is 13.4. The SMILES string of the molecule is CC1C(CO)C2CC3c4[nH]c5ccccc5c4CC(C2CO)N31. The van der Waals surface area contributed by atoms with Crippen molar-refractivity contribution in [1.82, 2.24) is 9.88 Å². The Balaban J connectivity index is 1.68. The van der Waals surface area contributed by atoms with Gasteiger partial charge in [0.2, 0.25) is 0 Å². The van der Waals surface area contributed by atoms with E-state index >= 15 is 0 Å². The molecule has 3 N–H and O–H groups in total. The van der Waals surface area contributed by atoms with Crippen LogP contribution in [0.2, 0.25) is 0 Å². The van der Waals surface area contributed by atoms with Gasteiger partial charge in [-0.15, -0.1) is 0 Å². The third-order valence-corrected chi connectivity index (χ3v) is 6.94. The number of hydrogen-bond acceptors (Lipinski definition) is 3. The molecule has 23 heavy (non-hydrogen) atoms. The van der Waals surface area contributed by atoms with Crippen LogP contribution in [0.3, 0.4) is 0 Å². The molecule has 2 aromatic rings. The Morgan fingerprint density at radius 1 is 1.17 bits per heavy atom. The molecule has 0 saturated carbocycles. The molecule has 1 aromatic carbocycles. The Hall–Kier alpha value is -1.36. The fourth-order valence-corrected chi connectivity index (χ4v) is 5.95. The van der Waals surface area contributed by atoms with Crippen LogP contribution < -0.4 is 0 Å². The zero-order valence-corrected chi connectivity index (χ0v) is 13.4. The third-order valence-electron chi connectivity index (χ3n) is 6.94. The van der Waals surface area contributed by atoms with Crippen molar-refractivity contribution in [2.24, 2.45) is 17.8 Å². The fraction of sp³-hybridized carbons (Fsp3) is 0.579. The highest BCUT2D eigenvalue weighted by Crippen LogP contribution is 2.56. The Labute approximate surface area is 136 Å². The number of nitrogens with zero attached hydrogens (tertiary/aromatic N) is 1. The van der Waals surface area contributed by atoms with Crippen LogP contribution in [0.25, 0.3) is 10.9 Å². The van der Waals surface area contributed by atoms with Gasteiger partial charge < -0.3 is 15.2 Å². The molecule has 3 saturated heterocycles. The van der Waals surface area contributed by atoms with Gasteiger partial charge in [-0.25, -0.2) is 0 Å². The summed E-state index contributed by atoms with van der Waals surface area (Å²) >= 11 is 0. The summed E-state index contributed by atoms with van der Waals surface area (Å²) in [7, 11) is 0. The van der Waals surface area contributed by atoms with E-state index in [1.165, 1.54) is 22.2 Å². The molecule has 1 aromatic heterocycles. The zero-order chi connectivity index (χ0) is 15.7. The summed E-state index contributed by atoms with van der Waals surface area (Å²) in [6, 6.07) is 9.79. The van der Waals surface area contributed by atoms with Crippen molar-refractivity contribution >= 4 is 10.9 Å². The van der Waals surface area contributed by atoms with Crippen molar-refractivity contribution in [3.05, 3.63) is 35.5 Å². The standard InChI is InChI=1S/C19H24N2O2/c1-10-14(8-22)12-6-18-19-13(7-17(21(10)18)15(12)9-23)11-4-2-3-5-16(11)20-19/h2-5,10,12,14-15,17-18,20,22-23H,6-9H2,1H3. The number of hydrogen-bond donors (Lipinski definition) is 3. The van der Waals surface area contributed by atoms with Crippen LogP contribution in [0.15, 0.2) is 24.3 Å². The lowest BCUT2D eigenvalue weighted by Gasteiger charge is -2.63. The molecule has 4 bridgehead atoms. The van der Waals surface area contributed by atoms with E-state index in [0.29, 0.717) is 35.9 Å². The van der Waals surface area contributed by atoms with E-state index in [-0.39, 0.29) is 13.2 Å². The van der Waals surface area contributed by atoms with Gasteiger partial charge in [-0.3, -0.25) is 4.90 Å². The van der Waals surface area contributed by atoms with Crippen LogP contribution in [0.5, 0.6) is 0 Å². The van der Waals surface area contributed by atoms with Crippen molar-refractivity contribution in [3.8, 4) is 0 Å². The number of aliphatic hydroxyl groups is 2. The molecule has 4 nitrogen and oxygen atoms in total. The molecule has 0 spiro atoms. The minimum absolute atomic E-state index is 0.234. The van der Waals surface area contributed by atoms with E-state index in [4.69, 9.17) is 0 Å². The van der Waals surface area contributed by atoms with Crippen LogP contribution >= 0.6 is 0 Å². The van der Waals surface area contributed by atoms with Crippen molar-refractivity contribution in [1.29, 1.82) is 0 Å². The number of aliphatic hydroxyl groups excluding tert-OH is 2. The molecule has 4 aliphatic rings. The van der Waals surface area contributed by atoms with Gasteiger partial charge in [0.15, 0.2) is 0 Å². The number of nitrogens with one attached hydrogen (secondary N) is 1. The summed E-state index contributed by atoms with van der Waals surface area (Å²) in [5, 5.41) is 21.2. The summed E-state index contributed by atoms with van der Waals surface area (Å²) in [5.41, 5.74) is 4.07. The van der Waals surface area contributed by atoms with Crippen LogP contribution in [0, 0.1) is 17.8 Å². The maximum atomic E-state index is 10.0. The van der Waals surface area contributed by atoms with Gasteiger partial charge in [-0.05, 0) is 37.3 Å². The van der Waals surface area contributed by atoms with Crippen LogP contribution in [-0.4, -0.2) is 45.4 Å². The second-order valence-corrected chi connectivity index (χ2v) is 7.63. The van der Waals surface area contributed by atoms with Gasteiger partial charge in [-0.2, -0.15) is 0 Å². The van der Waals surface area contributed by atoms with Gasteiger partial charge in [-0.1, -0.05) is 18.2 Å². The van der Waals surface area contributed by atoms with E-state index in [1.54, 1.807) is 0 Å². The van der Waals surface area contributed by atoms with Gasteiger partial charge in [0.05, 0.1) is 6.04 Å². The molecule has 5 heterocycles. The Kier molecular flexibility index (Phi) is 2.94. The first kappa shape index (κ1) is 14.0. The van der Waals surface area contributed by atoms with E-state index in [0.717, 1.165) is 12.8 Å². The molecule has 7 unspecified atom stereocenters. The lowest BCUT2D eigenvalue weighted by molar-refractivity contribution is -0.154. The molecule has 4 aliphatic heterocycles. The highest BCUT2D eigenvalue weighted by atomic mass is 16.3. The number of piperidine rings is 3. The van der Waals surface area contributed by atoms with E-state index in [9.17, 15) is 10.2 Å². The van der Waals surface area contributed by atoms with Crippen LogP contribution in [-0.2, 0) is 6.42 Å². The largest absolute Gasteiger partial charge is 0.396 e. The molecule has 0 aliphatic carbocycles. The van der Waals surface area contributed by atoms with Crippen LogP contribution in [0.4, 0.5) is 0 Å². The first-order chi connectivity index (χ1) is 11.2. The lowest BCUT2D eigenvalue weighted by atomic mass is 9.60. The molecule has 4 heteroatoms. The van der Waals surface area contributed by atoms with Crippen molar-refractivity contribution < 1.29 is 10.2 Å². The third kappa shape index (κ3) is 1.66. The quantitative estimate of drug-likeness (QED) is 0.796. The molecule has 122 valence electrons. The number of fused-ring (bicyclic) bond motifs is 4. The Bertz CT molecular complexity index is 755. The highest BCUT2D eigenvalue weighted by molar-refractivity contribution is 5.85. The van der Waals surface area contributed by atoms with Crippen LogP contribution in [0.1, 0.15) is 30.6 Å². The van der Waals surface area contributed by atoms with Gasteiger partial charge in [0.25, 0.3) is 0 Å². The number of rotatable bonds is 2. The number of H-pyrrole nitrogens is 1. The minimum atomic E-state index is 0.234. The summed E-state index contributed by atoms with van der Waals surface area (Å²) < 4.78 is 0. The van der Waals surface area contributed by atoms with E-state index in [1.807, 2.05) is 0 Å². The van der Waals surface area contributed by atoms with E-state index < -0.39 is 0 Å². The summed E-state index contributed by atoms with van der Waals surface area (Å²) in [6.45, 7) is 2.73. The van der Waals surface area contributed by atoms with Crippen molar-refractivity contribution in [2.75, 3.05) is 13.2 Å². The molecule has 3 fully saturated rings. The number of aromatic amines is 1. The molecule has 0 amide bonds. The molecular weight excluding hydrogens is 288 g/mol. The maximum Gasteiger partial charge on any atom is 0.0510 e. The first-order valence-electron chi connectivity index (χ1n) is 8.83. The van der Waals surface area contributed by atoms with Gasteiger partial charge >= 0.3 is 0 Å². The maximum absolute atomic E-state index is 10.0. The molecule has 0 radical (unpaired) electrons. The minimum Gasteiger partial charge on any atom is -0.396 e. The number of benzene rings is 1. The smallest absolute Gasteiger partial charge is 0.0510 e. The molecule has 6 rings (SSSR count). The predicted molar refractivity (Wildman–Crippen MR) is 89.1 cm³/mol.